The van der Waals surface area contributed by atoms with Gasteiger partial charge in [-0.15, -0.1) is 0 Å². The summed E-state index contributed by atoms with van der Waals surface area (Å²) in [6.45, 7) is 9.09. The Balaban J connectivity index is 1.87. The molecule has 4 heteroatoms. The van der Waals surface area contributed by atoms with Crippen molar-refractivity contribution in [2.24, 2.45) is 5.16 Å². The van der Waals surface area contributed by atoms with Crippen molar-refractivity contribution < 1.29 is 5.21 Å². The van der Waals surface area contributed by atoms with Crippen LogP contribution in [0.2, 0.25) is 0 Å². The molecule has 2 fully saturated rings. The van der Waals surface area contributed by atoms with Gasteiger partial charge >= 0.3 is 0 Å². The first-order valence-electron chi connectivity index (χ1n) is 6.96. The second kappa shape index (κ2) is 5.83. The van der Waals surface area contributed by atoms with Crippen molar-refractivity contribution in [2.45, 2.75) is 51.6 Å². The van der Waals surface area contributed by atoms with Crippen molar-refractivity contribution in [1.82, 2.24) is 9.80 Å². The smallest absolute Gasteiger partial charge is 0.0601 e. The van der Waals surface area contributed by atoms with Gasteiger partial charge in [0.15, 0.2) is 0 Å². The van der Waals surface area contributed by atoms with Crippen molar-refractivity contribution in [2.75, 3.05) is 26.2 Å². The van der Waals surface area contributed by atoms with Crippen LogP contribution in [0.1, 0.15) is 39.5 Å². The van der Waals surface area contributed by atoms with Gasteiger partial charge in [0, 0.05) is 38.0 Å². The fourth-order valence-corrected chi connectivity index (χ4v) is 3.32. The third kappa shape index (κ3) is 2.80. The van der Waals surface area contributed by atoms with Gasteiger partial charge in [0.1, 0.15) is 0 Å². The molecule has 4 nitrogen and oxygen atoms in total. The second-order valence-corrected chi connectivity index (χ2v) is 5.22. The lowest BCUT2D eigenvalue weighted by Gasteiger charge is -2.36. The Labute approximate surface area is 104 Å². The first kappa shape index (κ1) is 12.8. The summed E-state index contributed by atoms with van der Waals surface area (Å²) in [5, 5.41) is 12.3. The van der Waals surface area contributed by atoms with Gasteiger partial charge in [-0.05, 0) is 25.9 Å². The van der Waals surface area contributed by atoms with Gasteiger partial charge in [-0.3, -0.25) is 4.90 Å². The maximum Gasteiger partial charge on any atom is 0.0601 e. The Morgan fingerprint density at radius 1 is 1.24 bits per heavy atom. The number of piperidine rings is 1. The molecule has 17 heavy (non-hydrogen) atoms. The molecule has 98 valence electrons. The highest BCUT2D eigenvalue weighted by atomic mass is 16.4. The lowest BCUT2D eigenvalue weighted by atomic mass is 10.0. The summed E-state index contributed by atoms with van der Waals surface area (Å²) in [7, 11) is 0. The summed E-state index contributed by atoms with van der Waals surface area (Å²) in [6.07, 6.45) is 4.51. The maximum absolute atomic E-state index is 8.90. The fraction of sp³-hybridized carbons (Fsp3) is 0.923. The first-order chi connectivity index (χ1) is 8.28. The molecular formula is C13H25N3O. The van der Waals surface area contributed by atoms with Crippen molar-refractivity contribution in [3.8, 4) is 0 Å². The van der Waals surface area contributed by atoms with Crippen molar-refractivity contribution in [3.63, 3.8) is 0 Å². The fourth-order valence-electron chi connectivity index (χ4n) is 3.32. The molecule has 0 spiro atoms. The monoisotopic (exact) mass is 239 g/mol. The summed E-state index contributed by atoms with van der Waals surface area (Å²) in [5.74, 6) is 0. The zero-order valence-electron chi connectivity index (χ0n) is 11.1. The Hall–Kier alpha value is -0.610. The Morgan fingerprint density at radius 3 is 2.29 bits per heavy atom. The third-order valence-electron chi connectivity index (χ3n) is 4.42. The van der Waals surface area contributed by atoms with E-state index in [1.165, 1.54) is 25.9 Å². The summed E-state index contributed by atoms with van der Waals surface area (Å²) >= 11 is 0. The minimum Gasteiger partial charge on any atom is -0.411 e. The number of fused-ring (bicyclic) bond motifs is 2. The zero-order chi connectivity index (χ0) is 12.3. The van der Waals surface area contributed by atoms with Crippen LogP contribution in [-0.2, 0) is 0 Å². The number of hydrogen-bond acceptors (Lipinski definition) is 4. The molecule has 2 saturated heterocycles. The molecule has 2 atom stereocenters. The number of nitrogens with zero attached hydrogens (tertiary/aromatic N) is 3. The highest BCUT2D eigenvalue weighted by Gasteiger charge is 2.38. The quantitative estimate of drug-likeness (QED) is 0.587. The van der Waals surface area contributed by atoms with E-state index < -0.39 is 0 Å². The molecule has 2 aliphatic heterocycles. The maximum atomic E-state index is 8.90. The summed E-state index contributed by atoms with van der Waals surface area (Å²) in [5.41, 5.74) is 1.01. The standard InChI is InChI=1S/C13H25N3O/c1-3-15(4-2)7-8-16-12-5-6-13(16)10-11(9-12)14-17/h12-13,17H,3-10H2,1-2H3. The molecule has 2 bridgehead atoms. The highest BCUT2D eigenvalue weighted by Crippen LogP contribution is 2.33. The van der Waals surface area contributed by atoms with Crippen molar-refractivity contribution >= 4 is 5.71 Å². The van der Waals surface area contributed by atoms with Crippen LogP contribution in [0.3, 0.4) is 0 Å². The average molecular weight is 239 g/mol. The van der Waals surface area contributed by atoms with Gasteiger partial charge < -0.3 is 10.1 Å². The van der Waals surface area contributed by atoms with Gasteiger partial charge in [0.25, 0.3) is 0 Å². The van der Waals surface area contributed by atoms with Crippen LogP contribution < -0.4 is 0 Å². The molecular weight excluding hydrogens is 214 g/mol. The first-order valence-corrected chi connectivity index (χ1v) is 6.96. The minimum absolute atomic E-state index is 0.634. The summed E-state index contributed by atoms with van der Waals surface area (Å²) < 4.78 is 0. The van der Waals surface area contributed by atoms with E-state index >= 15 is 0 Å². The molecule has 2 aliphatic rings. The normalized spacial score (nSPS) is 29.0. The van der Waals surface area contributed by atoms with Crippen LogP contribution in [0.4, 0.5) is 0 Å². The molecule has 2 heterocycles. The van der Waals surface area contributed by atoms with Crippen LogP contribution in [0, 0.1) is 0 Å². The molecule has 1 N–H and O–H groups in total. The van der Waals surface area contributed by atoms with Gasteiger partial charge in [-0.1, -0.05) is 19.0 Å². The lowest BCUT2D eigenvalue weighted by molar-refractivity contribution is 0.152. The number of likely N-dealkylation sites (N-methyl/N-ethyl adjacent to an activating group) is 1. The molecule has 0 saturated carbocycles. The molecule has 0 radical (unpaired) electrons. The molecule has 0 aromatic rings. The topological polar surface area (TPSA) is 39.1 Å². The van der Waals surface area contributed by atoms with Gasteiger partial charge in [0.05, 0.1) is 5.71 Å². The number of rotatable bonds is 5. The molecule has 2 rings (SSSR count). The SMILES string of the molecule is CCN(CC)CCN1C2CCC1CC(=NO)C2. The van der Waals surface area contributed by atoms with E-state index in [2.05, 4.69) is 28.8 Å². The van der Waals surface area contributed by atoms with Gasteiger partial charge in [-0.2, -0.15) is 0 Å². The lowest BCUT2D eigenvalue weighted by Crippen LogP contribution is -2.46. The molecule has 0 aromatic carbocycles. The molecule has 0 amide bonds. The number of oxime groups is 1. The van der Waals surface area contributed by atoms with E-state index in [0.717, 1.165) is 31.6 Å². The minimum atomic E-state index is 0.634. The molecule has 2 unspecified atom stereocenters. The van der Waals surface area contributed by atoms with E-state index in [-0.39, 0.29) is 0 Å². The summed E-state index contributed by atoms with van der Waals surface area (Å²) in [4.78, 5) is 5.13. The number of hydrogen-bond donors (Lipinski definition) is 1. The summed E-state index contributed by atoms with van der Waals surface area (Å²) in [6, 6.07) is 1.27. The van der Waals surface area contributed by atoms with Crippen LogP contribution in [-0.4, -0.2) is 59.0 Å². The van der Waals surface area contributed by atoms with E-state index in [9.17, 15) is 0 Å². The largest absolute Gasteiger partial charge is 0.411 e. The van der Waals surface area contributed by atoms with Gasteiger partial charge in [0.2, 0.25) is 0 Å². The Kier molecular flexibility index (Phi) is 4.40. The second-order valence-electron chi connectivity index (χ2n) is 5.22. The van der Waals surface area contributed by atoms with Crippen LogP contribution in [0.15, 0.2) is 5.16 Å². The third-order valence-corrected chi connectivity index (χ3v) is 4.42. The highest BCUT2D eigenvalue weighted by molar-refractivity contribution is 5.86. The van der Waals surface area contributed by atoms with Crippen molar-refractivity contribution in [3.05, 3.63) is 0 Å². The van der Waals surface area contributed by atoms with Crippen LogP contribution >= 0.6 is 0 Å². The van der Waals surface area contributed by atoms with Crippen molar-refractivity contribution in [1.29, 1.82) is 0 Å². The van der Waals surface area contributed by atoms with Crippen LogP contribution in [0.5, 0.6) is 0 Å². The molecule has 0 aliphatic carbocycles. The Morgan fingerprint density at radius 2 is 1.82 bits per heavy atom. The van der Waals surface area contributed by atoms with E-state index in [4.69, 9.17) is 5.21 Å². The van der Waals surface area contributed by atoms with Gasteiger partial charge in [-0.25, -0.2) is 0 Å². The average Bonchev–Trinajstić information content (AvgIpc) is 2.61. The van der Waals surface area contributed by atoms with E-state index in [1.807, 2.05) is 0 Å². The Bertz CT molecular complexity index is 260. The van der Waals surface area contributed by atoms with E-state index in [1.54, 1.807) is 0 Å². The predicted molar refractivity (Wildman–Crippen MR) is 69.8 cm³/mol. The molecule has 0 aromatic heterocycles. The zero-order valence-corrected chi connectivity index (χ0v) is 11.1. The van der Waals surface area contributed by atoms with Crippen LogP contribution in [0.25, 0.3) is 0 Å². The predicted octanol–water partition coefficient (Wildman–Crippen LogP) is 1.79. The van der Waals surface area contributed by atoms with E-state index in [0.29, 0.717) is 12.1 Å².